The number of nitrogens with two attached hydrogens (primary N) is 1. The highest BCUT2D eigenvalue weighted by Gasteiger charge is 2.07. The van der Waals surface area contributed by atoms with Crippen molar-refractivity contribution in [2.24, 2.45) is 5.73 Å². The van der Waals surface area contributed by atoms with E-state index in [4.69, 9.17) is 5.73 Å². The van der Waals surface area contributed by atoms with Gasteiger partial charge in [-0.1, -0.05) is 42.5 Å². The van der Waals surface area contributed by atoms with Gasteiger partial charge in [-0.15, -0.1) is 11.8 Å². The van der Waals surface area contributed by atoms with Gasteiger partial charge in [-0.25, -0.2) is 0 Å². The van der Waals surface area contributed by atoms with E-state index in [9.17, 15) is 0 Å². The molecule has 0 aromatic heterocycles. The molecule has 0 saturated heterocycles. The number of benzene rings is 2. The molecular formula is C14H15NS. The minimum Gasteiger partial charge on any atom is -0.320 e. The first-order valence-electron chi connectivity index (χ1n) is 5.26. The van der Waals surface area contributed by atoms with Crippen LogP contribution in [0.3, 0.4) is 0 Å². The maximum absolute atomic E-state index is 6.20. The zero-order chi connectivity index (χ0) is 11.4. The predicted molar refractivity (Wildman–Crippen MR) is 70.7 cm³/mol. The van der Waals surface area contributed by atoms with Crippen LogP contribution < -0.4 is 5.73 Å². The lowest BCUT2D eigenvalue weighted by Crippen LogP contribution is -2.11. The fraction of sp³-hybridized carbons (Fsp3) is 0.143. The number of thioether (sulfide) groups is 1. The van der Waals surface area contributed by atoms with Crippen molar-refractivity contribution >= 4 is 11.8 Å². The van der Waals surface area contributed by atoms with Crippen molar-refractivity contribution in [2.75, 3.05) is 6.26 Å². The van der Waals surface area contributed by atoms with Crippen LogP contribution in [0.5, 0.6) is 0 Å². The average Bonchev–Trinajstić information content (AvgIpc) is 2.39. The molecule has 0 bridgehead atoms. The minimum atomic E-state index is -0.0305. The quantitative estimate of drug-likeness (QED) is 0.816. The molecule has 0 aliphatic heterocycles. The number of hydrogen-bond acceptors (Lipinski definition) is 2. The molecule has 0 aliphatic rings. The standard InChI is InChI=1S/C14H15NS/c1-16-13-9-7-12(8-10-13)14(15)11-5-3-2-4-6-11/h2-10,14H,15H2,1H3. The minimum absolute atomic E-state index is 0.0305. The van der Waals surface area contributed by atoms with Crippen molar-refractivity contribution in [1.82, 2.24) is 0 Å². The van der Waals surface area contributed by atoms with Crippen LogP contribution in [-0.4, -0.2) is 6.26 Å². The van der Waals surface area contributed by atoms with Gasteiger partial charge in [0.1, 0.15) is 0 Å². The molecule has 1 nitrogen and oxygen atoms in total. The highest BCUT2D eigenvalue weighted by Crippen LogP contribution is 2.22. The molecule has 1 unspecified atom stereocenters. The van der Waals surface area contributed by atoms with Crippen molar-refractivity contribution in [1.29, 1.82) is 0 Å². The Labute approximate surface area is 101 Å². The van der Waals surface area contributed by atoms with Crippen LogP contribution in [-0.2, 0) is 0 Å². The second kappa shape index (κ2) is 5.19. The summed E-state index contributed by atoms with van der Waals surface area (Å²) in [5, 5.41) is 0. The largest absolute Gasteiger partial charge is 0.320 e. The van der Waals surface area contributed by atoms with Crippen molar-refractivity contribution < 1.29 is 0 Å². The molecule has 0 spiro atoms. The predicted octanol–water partition coefficient (Wildman–Crippen LogP) is 3.46. The molecule has 2 heteroatoms. The molecular weight excluding hydrogens is 214 g/mol. The molecule has 0 saturated carbocycles. The summed E-state index contributed by atoms with van der Waals surface area (Å²) in [6, 6.07) is 18.6. The van der Waals surface area contributed by atoms with E-state index in [-0.39, 0.29) is 6.04 Å². The van der Waals surface area contributed by atoms with Gasteiger partial charge in [0, 0.05) is 4.90 Å². The molecule has 0 radical (unpaired) electrons. The Morgan fingerprint density at radius 3 is 2.00 bits per heavy atom. The molecule has 2 aromatic rings. The van der Waals surface area contributed by atoms with E-state index in [2.05, 4.69) is 42.7 Å². The summed E-state index contributed by atoms with van der Waals surface area (Å²) in [6.07, 6.45) is 2.08. The Balaban J connectivity index is 2.24. The van der Waals surface area contributed by atoms with Crippen molar-refractivity contribution in [3.8, 4) is 0 Å². The SMILES string of the molecule is CSc1ccc(C(N)c2ccccc2)cc1. The summed E-state index contributed by atoms with van der Waals surface area (Å²) >= 11 is 1.74. The van der Waals surface area contributed by atoms with Gasteiger partial charge in [0.05, 0.1) is 6.04 Å². The summed E-state index contributed by atoms with van der Waals surface area (Å²) in [5.74, 6) is 0. The van der Waals surface area contributed by atoms with E-state index >= 15 is 0 Å². The van der Waals surface area contributed by atoms with Crippen LogP contribution >= 0.6 is 11.8 Å². The summed E-state index contributed by atoms with van der Waals surface area (Å²) in [4.78, 5) is 1.27. The van der Waals surface area contributed by atoms with E-state index < -0.39 is 0 Å². The lowest BCUT2D eigenvalue weighted by Gasteiger charge is -2.12. The van der Waals surface area contributed by atoms with Crippen LogP contribution in [0, 0.1) is 0 Å². The Bertz CT molecular complexity index is 436. The summed E-state index contributed by atoms with van der Waals surface area (Å²) in [7, 11) is 0. The maximum Gasteiger partial charge on any atom is 0.0551 e. The molecule has 82 valence electrons. The van der Waals surface area contributed by atoms with Gasteiger partial charge in [-0.2, -0.15) is 0 Å². The Hall–Kier alpha value is -1.25. The average molecular weight is 229 g/mol. The zero-order valence-electron chi connectivity index (χ0n) is 9.26. The first kappa shape index (κ1) is 11.2. The van der Waals surface area contributed by atoms with Gasteiger partial charge in [0.25, 0.3) is 0 Å². The van der Waals surface area contributed by atoms with Gasteiger partial charge in [0.15, 0.2) is 0 Å². The topological polar surface area (TPSA) is 26.0 Å². The van der Waals surface area contributed by atoms with Crippen LogP contribution in [0.4, 0.5) is 0 Å². The molecule has 0 heterocycles. The van der Waals surface area contributed by atoms with Crippen molar-refractivity contribution in [3.05, 3.63) is 65.7 Å². The normalized spacial score (nSPS) is 12.4. The molecule has 2 N–H and O–H groups in total. The summed E-state index contributed by atoms with van der Waals surface area (Å²) < 4.78 is 0. The molecule has 0 fully saturated rings. The van der Waals surface area contributed by atoms with Crippen molar-refractivity contribution in [3.63, 3.8) is 0 Å². The van der Waals surface area contributed by atoms with Crippen LogP contribution in [0.2, 0.25) is 0 Å². The third-order valence-electron chi connectivity index (χ3n) is 2.63. The fourth-order valence-electron chi connectivity index (χ4n) is 1.66. The Kier molecular flexibility index (Phi) is 3.65. The number of rotatable bonds is 3. The highest BCUT2D eigenvalue weighted by molar-refractivity contribution is 7.98. The van der Waals surface area contributed by atoms with E-state index in [1.807, 2.05) is 18.2 Å². The molecule has 16 heavy (non-hydrogen) atoms. The maximum atomic E-state index is 6.20. The molecule has 0 aliphatic carbocycles. The van der Waals surface area contributed by atoms with E-state index in [0.717, 1.165) is 11.1 Å². The third kappa shape index (κ3) is 2.46. The fourth-order valence-corrected chi connectivity index (χ4v) is 2.07. The van der Waals surface area contributed by atoms with Gasteiger partial charge >= 0.3 is 0 Å². The van der Waals surface area contributed by atoms with E-state index in [1.54, 1.807) is 11.8 Å². The number of hydrogen-bond donors (Lipinski definition) is 1. The summed E-state index contributed by atoms with van der Waals surface area (Å²) in [5.41, 5.74) is 8.51. The second-order valence-corrected chi connectivity index (χ2v) is 4.54. The Morgan fingerprint density at radius 2 is 1.44 bits per heavy atom. The molecule has 0 amide bonds. The third-order valence-corrected chi connectivity index (χ3v) is 3.38. The van der Waals surface area contributed by atoms with Crippen molar-refractivity contribution in [2.45, 2.75) is 10.9 Å². The molecule has 2 aromatic carbocycles. The van der Waals surface area contributed by atoms with Gasteiger partial charge < -0.3 is 5.73 Å². The van der Waals surface area contributed by atoms with E-state index in [1.165, 1.54) is 4.90 Å². The zero-order valence-corrected chi connectivity index (χ0v) is 10.1. The lowest BCUT2D eigenvalue weighted by molar-refractivity contribution is 0.870. The lowest BCUT2D eigenvalue weighted by atomic mass is 10.00. The Morgan fingerprint density at radius 1 is 0.875 bits per heavy atom. The smallest absolute Gasteiger partial charge is 0.0551 e. The van der Waals surface area contributed by atoms with Crippen LogP contribution in [0.1, 0.15) is 17.2 Å². The first-order valence-corrected chi connectivity index (χ1v) is 6.48. The molecule has 1 atom stereocenters. The van der Waals surface area contributed by atoms with Crippen LogP contribution in [0.15, 0.2) is 59.5 Å². The van der Waals surface area contributed by atoms with E-state index in [0.29, 0.717) is 0 Å². The van der Waals surface area contributed by atoms with Crippen LogP contribution in [0.25, 0.3) is 0 Å². The first-order chi connectivity index (χ1) is 7.81. The van der Waals surface area contributed by atoms with Gasteiger partial charge in [-0.3, -0.25) is 0 Å². The monoisotopic (exact) mass is 229 g/mol. The molecule has 2 rings (SSSR count). The highest BCUT2D eigenvalue weighted by atomic mass is 32.2. The van der Waals surface area contributed by atoms with Gasteiger partial charge in [0.2, 0.25) is 0 Å². The van der Waals surface area contributed by atoms with Gasteiger partial charge in [-0.05, 0) is 29.5 Å². The second-order valence-electron chi connectivity index (χ2n) is 3.66. The summed E-state index contributed by atoms with van der Waals surface area (Å²) in [6.45, 7) is 0.